The Hall–Kier alpha value is -7.44. The molecule has 7 aromatic rings. The Morgan fingerprint density at radius 1 is 0.217 bits per heavy atom. The average molecular weight is 1060 g/mol. The molecular weight excluding hydrogens is 1040 g/mol. The first-order valence-corrected chi connectivity index (χ1v) is 18.3. The van der Waals surface area contributed by atoms with Crippen molar-refractivity contribution in [2.45, 2.75) is 0 Å². The highest BCUT2D eigenvalue weighted by atomic mass is 79.9. The van der Waals surface area contributed by atoms with Gasteiger partial charge < -0.3 is 9.97 Å². The summed E-state index contributed by atoms with van der Waals surface area (Å²) in [6, 6.07) is 2.51. The Balaban J connectivity index is 0.00000642. The minimum atomic E-state index is -2.72. The molecule has 0 saturated carbocycles. The molecule has 0 unspecified atom stereocenters. The van der Waals surface area contributed by atoms with Crippen LogP contribution in [0.5, 0.6) is 0 Å². The minimum absolute atomic E-state index is 0. The summed E-state index contributed by atoms with van der Waals surface area (Å²) >= 11 is 0. The minimum Gasteiger partial charge on any atom is -0.354 e. The number of nitrogens with zero attached hydrogens (tertiary/aromatic N) is 2. The van der Waals surface area contributed by atoms with Gasteiger partial charge in [0, 0.05) is 44.3 Å². The van der Waals surface area contributed by atoms with E-state index >= 15 is 35.1 Å². The van der Waals surface area contributed by atoms with E-state index in [4.69, 9.17) is 0 Å². The summed E-state index contributed by atoms with van der Waals surface area (Å²) < 4.78 is 303. The molecule has 9 rings (SSSR count). The number of halogens is 21. The van der Waals surface area contributed by atoms with E-state index in [9.17, 15) is 52.7 Å². The van der Waals surface area contributed by atoms with Crippen molar-refractivity contribution in [3.8, 4) is 44.5 Å². The summed E-state index contributed by atoms with van der Waals surface area (Å²) in [6.45, 7) is 0. The Morgan fingerprint density at radius 2 is 0.362 bits per heavy atom. The molecule has 4 nitrogen and oxygen atoms in total. The first kappa shape index (κ1) is 48.0. The standard InChI is InChI=1S/C44H10F20N4.BrH/c45-25-21(26(46)34(54)41(61)33(25)53)17-9-1-2-10(65-9)18(22-27(47)35(55)42(62)36(56)28(22)48)12-5-6-14(67-12)20(24-31(51)39(59)44(64)40(60)32(24)52)16-8-7-15(68-16)19(13-4-3-11(17)66-13)23-29(49)37(57)43(63)38(58)30(23)50;/h1-8,65,68H;1H. The zero-order valence-electron chi connectivity index (χ0n) is 32.5. The molecule has 69 heavy (non-hydrogen) atoms. The van der Waals surface area contributed by atoms with E-state index in [0.29, 0.717) is 48.6 Å². The fraction of sp³-hybridized carbons (Fsp3) is 0. The third-order valence-electron chi connectivity index (χ3n) is 10.6. The molecule has 0 atom stereocenters. The van der Waals surface area contributed by atoms with Gasteiger partial charge in [-0.15, -0.1) is 17.0 Å². The van der Waals surface area contributed by atoms with Gasteiger partial charge in [0.15, 0.2) is 93.1 Å². The van der Waals surface area contributed by atoms with Crippen molar-refractivity contribution in [1.29, 1.82) is 0 Å². The van der Waals surface area contributed by atoms with Crippen LogP contribution in [-0.4, -0.2) is 19.9 Å². The Kier molecular flexibility index (Phi) is 11.8. The van der Waals surface area contributed by atoms with Crippen molar-refractivity contribution >= 4 is 63.4 Å². The Bertz CT molecular complexity index is 3120. The fourth-order valence-electron chi connectivity index (χ4n) is 7.56. The maximum atomic E-state index is 15.8. The number of hydrogen-bond acceptors (Lipinski definition) is 2. The van der Waals surface area contributed by atoms with E-state index < -0.39 is 206 Å². The number of aromatic amines is 2. The highest BCUT2D eigenvalue weighted by molar-refractivity contribution is 8.93. The van der Waals surface area contributed by atoms with Gasteiger partial charge in [0.2, 0.25) is 23.3 Å². The number of aromatic nitrogens is 4. The van der Waals surface area contributed by atoms with Crippen molar-refractivity contribution < 1.29 is 87.8 Å². The van der Waals surface area contributed by atoms with Gasteiger partial charge in [0.05, 0.1) is 45.0 Å². The maximum Gasteiger partial charge on any atom is 0.200 e. The lowest BCUT2D eigenvalue weighted by Crippen LogP contribution is -2.06. The molecule has 4 aromatic carbocycles. The van der Waals surface area contributed by atoms with E-state index in [0.717, 1.165) is 0 Å². The normalized spacial score (nSPS) is 12.1. The third-order valence-corrected chi connectivity index (χ3v) is 10.6. The molecule has 0 radical (unpaired) electrons. The van der Waals surface area contributed by atoms with E-state index in [1.165, 1.54) is 0 Å². The van der Waals surface area contributed by atoms with Crippen molar-refractivity contribution in [2.24, 2.45) is 0 Å². The Labute approximate surface area is 378 Å². The monoisotopic (exact) mass is 1050 g/mol. The molecule has 25 heteroatoms. The zero-order chi connectivity index (χ0) is 49.3. The molecule has 0 fully saturated rings. The summed E-state index contributed by atoms with van der Waals surface area (Å²) in [5.74, 6) is -52.6. The molecule has 354 valence electrons. The SMILES string of the molecule is Br.Fc1c(F)c(F)c(-c2c3nc(c(-c4c(F)c(F)c(F)c(F)c4F)c4ccc([nH]4)c(-c4c(F)c(F)c(F)c(F)c4F)c4nc(c(-c5c(F)c(F)c(F)c(F)c5F)c5ccc2[nH]5)C=C4)C=C3)c(F)c1F. The first-order valence-electron chi connectivity index (χ1n) is 18.3. The lowest BCUT2D eigenvalue weighted by Gasteiger charge is -2.12. The molecule has 0 saturated heterocycles. The second-order valence-corrected chi connectivity index (χ2v) is 14.3. The second-order valence-electron chi connectivity index (χ2n) is 14.3. The second kappa shape index (κ2) is 17.0. The third kappa shape index (κ3) is 6.97. The molecule has 0 aliphatic carbocycles. The summed E-state index contributed by atoms with van der Waals surface area (Å²) in [4.78, 5) is 12.3. The summed E-state index contributed by atoms with van der Waals surface area (Å²) in [6.07, 6.45) is 2.40. The van der Waals surface area contributed by atoms with Crippen LogP contribution in [0.4, 0.5) is 87.8 Å². The summed E-state index contributed by atoms with van der Waals surface area (Å²) in [7, 11) is 0. The van der Waals surface area contributed by atoms with Gasteiger partial charge in [-0.25, -0.2) is 97.8 Å². The average Bonchev–Trinajstić information content (AvgIpc) is 4.18. The zero-order valence-corrected chi connectivity index (χ0v) is 34.2. The van der Waals surface area contributed by atoms with Crippen LogP contribution >= 0.6 is 17.0 Å². The number of benzene rings is 4. The predicted octanol–water partition coefficient (Wildman–Crippen LogP) is 14.7. The van der Waals surface area contributed by atoms with Gasteiger partial charge in [-0.1, -0.05) is 0 Å². The lowest BCUT2D eigenvalue weighted by atomic mass is 10.0. The number of H-pyrrole nitrogens is 2. The fourth-order valence-corrected chi connectivity index (χ4v) is 7.56. The van der Waals surface area contributed by atoms with Crippen LogP contribution in [0.2, 0.25) is 0 Å². The van der Waals surface area contributed by atoms with Crippen LogP contribution in [-0.2, 0) is 0 Å². The van der Waals surface area contributed by atoms with E-state index in [2.05, 4.69) is 19.9 Å². The quantitative estimate of drug-likeness (QED) is 0.105. The molecule has 2 aliphatic rings. The van der Waals surface area contributed by atoms with E-state index in [1.54, 1.807) is 0 Å². The lowest BCUT2D eigenvalue weighted by molar-refractivity contribution is 0.381. The topological polar surface area (TPSA) is 57.4 Å². The van der Waals surface area contributed by atoms with Gasteiger partial charge >= 0.3 is 0 Å². The van der Waals surface area contributed by atoms with E-state index in [-0.39, 0.29) is 17.0 Å². The molecule has 5 heterocycles. The highest BCUT2D eigenvalue weighted by Gasteiger charge is 2.35. The molecular formula is C44H11BrF20N4. The number of rotatable bonds is 4. The van der Waals surface area contributed by atoms with Crippen molar-refractivity contribution in [3.63, 3.8) is 0 Å². The molecule has 2 aliphatic heterocycles. The van der Waals surface area contributed by atoms with Crippen LogP contribution in [0, 0.1) is 116 Å². The van der Waals surface area contributed by atoms with Crippen LogP contribution in [0.3, 0.4) is 0 Å². The molecule has 0 amide bonds. The molecule has 8 bridgehead atoms. The van der Waals surface area contributed by atoms with Gasteiger partial charge in [-0.05, 0) is 48.6 Å². The van der Waals surface area contributed by atoms with Crippen LogP contribution in [0.15, 0.2) is 24.3 Å². The van der Waals surface area contributed by atoms with Gasteiger partial charge in [0.25, 0.3) is 0 Å². The van der Waals surface area contributed by atoms with Crippen LogP contribution in [0.25, 0.3) is 90.9 Å². The largest absolute Gasteiger partial charge is 0.354 e. The number of nitrogens with one attached hydrogen (secondary N) is 2. The maximum absolute atomic E-state index is 15.8. The van der Waals surface area contributed by atoms with Gasteiger partial charge in [-0.2, -0.15) is 0 Å². The molecule has 0 spiro atoms. The first-order chi connectivity index (χ1) is 32.1. The van der Waals surface area contributed by atoms with Crippen molar-refractivity contribution in [2.75, 3.05) is 0 Å². The van der Waals surface area contributed by atoms with Gasteiger partial charge in [0.1, 0.15) is 0 Å². The molecule has 3 aromatic heterocycles. The highest BCUT2D eigenvalue weighted by Crippen LogP contribution is 2.44. The smallest absolute Gasteiger partial charge is 0.200 e. The predicted molar refractivity (Wildman–Crippen MR) is 210 cm³/mol. The van der Waals surface area contributed by atoms with Crippen molar-refractivity contribution in [1.82, 2.24) is 19.9 Å². The summed E-state index contributed by atoms with van der Waals surface area (Å²) in [5, 5.41) is 0. The summed E-state index contributed by atoms with van der Waals surface area (Å²) in [5.41, 5.74) is -20.5. The van der Waals surface area contributed by atoms with Gasteiger partial charge in [-0.3, -0.25) is 0 Å². The van der Waals surface area contributed by atoms with Crippen molar-refractivity contribution in [3.05, 3.63) is 163 Å². The number of fused-ring (bicyclic) bond motifs is 8. The molecule has 2 N–H and O–H groups in total. The van der Waals surface area contributed by atoms with Crippen LogP contribution in [0.1, 0.15) is 22.8 Å². The van der Waals surface area contributed by atoms with Crippen LogP contribution < -0.4 is 0 Å². The Morgan fingerprint density at radius 3 is 0.522 bits per heavy atom. The number of hydrogen-bond donors (Lipinski definition) is 2. The van der Waals surface area contributed by atoms with E-state index in [1.807, 2.05) is 0 Å².